The second-order valence-corrected chi connectivity index (χ2v) is 11.3. The Morgan fingerprint density at radius 2 is 1.97 bits per heavy atom. The second kappa shape index (κ2) is 11.7. The molecule has 1 saturated carbocycles. The van der Waals surface area contributed by atoms with Gasteiger partial charge in [-0.25, -0.2) is 9.67 Å². The summed E-state index contributed by atoms with van der Waals surface area (Å²) in [5, 5.41) is 8.56. The third kappa shape index (κ3) is 6.57. The van der Waals surface area contributed by atoms with Gasteiger partial charge >= 0.3 is 0 Å². The number of pyridine rings is 1. The molecule has 198 valence electrons. The van der Waals surface area contributed by atoms with Gasteiger partial charge in [0.15, 0.2) is 5.65 Å². The van der Waals surface area contributed by atoms with Gasteiger partial charge in [0, 0.05) is 37.9 Å². The summed E-state index contributed by atoms with van der Waals surface area (Å²) in [5.74, 6) is 1.39. The average Bonchev–Trinajstić information content (AvgIpc) is 3.62. The van der Waals surface area contributed by atoms with Gasteiger partial charge in [0.25, 0.3) is 5.91 Å². The van der Waals surface area contributed by atoms with Crippen molar-refractivity contribution in [2.45, 2.75) is 65.0 Å². The van der Waals surface area contributed by atoms with Crippen LogP contribution in [0.25, 0.3) is 22.3 Å². The van der Waals surface area contributed by atoms with E-state index < -0.39 is 0 Å². The predicted molar refractivity (Wildman–Crippen MR) is 148 cm³/mol. The zero-order valence-corrected chi connectivity index (χ0v) is 22.6. The van der Waals surface area contributed by atoms with Crippen LogP contribution in [0.5, 0.6) is 0 Å². The highest BCUT2D eigenvalue weighted by molar-refractivity contribution is 6.06. The van der Waals surface area contributed by atoms with Gasteiger partial charge < -0.3 is 15.0 Å². The Morgan fingerprint density at radius 1 is 1.16 bits per heavy atom. The van der Waals surface area contributed by atoms with Crippen molar-refractivity contribution >= 4 is 16.9 Å². The molecule has 2 aliphatic rings. The molecule has 0 spiro atoms. The minimum atomic E-state index is -0.0602. The first-order chi connectivity index (χ1) is 18.0. The largest absolute Gasteiger partial charge is 0.381 e. The highest BCUT2D eigenvalue weighted by atomic mass is 16.5. The molecule has 5 rings (SSSR count). The zero-order valence-electron chi connectivity index (χ0n) is 22.6. The molecule has 0 radical (unpaired) electrons. The molecular formula is C30H41N5O2. The first-order valence-corrected chi connectivity index (χ1v) is 14.0. The number of ether oxygens (including phenoxy) is 1. The normalized spacial score (nSPS) is 16.7. The minimum absolute atomic E-state index is 0.0602. The number of hydrogen-bond acceptors (Lipinski definition) is 5. The van der Waals surface area contributed by atoms with Crippen LogP contribution in [-0.4, -0.2) is 58.9 Å². The van der Waals surface area contributed by atoms with E-state index in [9.17, 15) is 4.79 Å². The Labute approximate surface area is 220 Å². The number of aromatic nitrogens is 3. The second-order valence-electron chi connectivity index (χ2n) is 11.3. The fourth-order valence-corrected chi connectivity index (χ4v) is 5.29. The van der Waals surface area contributed by atoms with E-state index in [1.54, 1.807) is 6.20 Å². The topological polar surface area (TPSA) is 72.3 Å². The highest BCUT2D eigenvalue weighted by Crippen LogP contribution is 2.33. The number of amides is 1. The number of nitrogens with one attached hydrogen (secondary N) is 1. The zero-order chi connectivity index (χ0) is 25.8. The lowest BCUT2D eigenvalue weighted by molar-refractivity contribution is 0.0643. The third-order valence-corrected chi connectivity index (χ3v) is 7.72. The Balaban J connectivity index is 1.38. The smallest absolute Gasteiger partial charge is 0.252 e. The van der Waals surface area contributed by atoms with E-state index in [0.29, 0.717) is 18.0 Å². The lowest BCUT2D eigenvalue weighted by Crippen LogP contribution is -2.32. The summed E-state index contributed by atoms with van der Waals surface area (Å²) < 4.78 is 7.38. The van der Waals surface area contributed by atoms with E-state index >= 15 is 0 Å². The van der Waals surface area contributed by atoms with E-state index in [2.05, 4.69) is 60.5 Å². The molecule has 2 fully saturated rings. The van der Waals surface area contributed by atoms with E-state index in [-0.39, 0.29) is 11.9 Å². The molecule has 1 saturated heterocycles. The van der Waals surface area contributed by atoms with Crippen molar-refractivity contribution in [3.05, 3.63) is 47.7 Å². The van der Waals surface area contributed by atoms with Crippen LogP contribution in [0.2, 0.25) is 0 Å². The number of benzene rings is 1. The van der Waals surface area contributed by atoms with Crippen LogP contribution >= 0.6 is 0 Å². The van der Waals surface area contributed by atoms with E-state index in [4.69, 9.17) is 9.72 Å². The van der Waals surface area contributed by atoms with Gasteiger partial charge in [0.05, 0.1) is 22.8 Å². The number of carbonyl (C=O) groups excluding carboxylic acids is 1. The summed E-state index contributed by atoms with van der Waals surface area (Å²) in [5.41, 5.74) is 4.49. The van der Waals surface area contributed by atoms with Crippen molar-refractivity contribution in [2.24, 2.45) is 11.8 Å². The van der Waals surface area contributed by atoms with E-state index in [1.807, 2.05) is 10.7 Å². The van der Waals surface area contributed by atoms with Crippen molar-refractivity contribution in [1.82, 2.24) is 25.0 Å². The minimum Gasteiger partial charge on any atom is -0.381 e. The maximum atomic E-state index is 13.4. The molecule has 1 N–H and O–H groups in total. The molecule has 1 amide bonds. The quantitative estimate of drug-likeness (QED) is 0.376. The van der Waals surface area contributed by atoms with Gasteiger partial charge in [0.1, 0.15) is 0 Å². The molecule has 7 heteroatoms. The molecule has 1 aromatic carbocycles. The van der Waals surface area contributed by atoms with Crippen LogP contribution in [0, 0.1) is 11.8 Å². The van der Waals surface area contributed by atoms with Crippen LogP contribution in [-0.2, 0) is 11.3 Å². The Hall–Kier alpha value is -2.77. The van der Waals surface area contributed by atoms with Gasteiger partial charge in [-0.1, -0.05) is 31.0 Å². The van der Waals surface area contributed by atoms with E-state index in [0.717, 1.165) is 67.4 Å². The summed E-state index contributed by atoms with van der Waals surface area (Å²) in [6.07, 6.45) is 9.24. The number of hydrogen-bond donors (Lipinski definition) is 1. The van der Waals surface area contributed by atoms with Gasteiger partial charge in [-0.3, -0.25) is 4.79 Å². The van der Waals surface area contributed by atoms with Crippen LogP contribution in [0.15, 0.2) is 36.5 Å². The van der Waals surface area contributed by atoms with Crippen LogP contribution in [0.3, 0.4) is 0 Å². The van der Waals surface area contributed by atoms with Crippen LogP contribution in [0.1, 0.15) is 74.3 Å². The molecule has 1 aliphatic carbocycles. The first-order valence-electron chi connectivity index (χ1n) is 14.0. The highest BCUT2D eigenvalue weighted by Gasteiger charge is 2.22. The van der Waals surface area contributed by atoms with Crippen LogP contribution < -0.4 is 5.32 Å². The van der Waals surface area contributed by atoms with Crippen molar-refractivity contribution < 1.29 is 9.53 Å². The molecule has 1 aliphatic heterocycles. The van der Waals surface area contributed by atoms with Gasteiger partial charge in [-0.05, 0) is 82.7 Å². The summed E-state index contributed by atoms with van der Waals surface area (Å²) >= 11 is 0. The van der Waals surface area contributed by atoms with Gasteiger partial charge in [0.2, 0.25) is 0 Å². The molecule has 3 heterocycles. The summed E-state index contributed by atoms with van der Waals surface area (Å²) in [6, 6.07) is 10.7. The number of carbonyl (C=O) groups is 1. The molecule has 2 aromatic heterocycles. The van der Waals surface area contributed by atoms with Crippen molar-refractivity contribution in [1.29, 1.82) is 0 Å². The number of rotatable bonds is 11. The first kappa shape index (κ1) is 25.9. The van der Waals surface area contributed by atoms with Crippen molar-refractivity contribution in [3.8, 4) is 11.3 Å². The average molecular weight is 504 g/mol. The number of nitrogens with zero attached hydrogens (tertiary/aromatic N) is 4. The van der Waals surface area contributed by atoms with Gasteiger partial charge in [-0.15, -0.1) is 0 Å². The lowest BCUT2D eigenvalue weighted by atomic mass is 10.00. The predicted octanol–water partition coefficient (Wildman–Crippen LogP) is 5.46. The Kier molecular flexibility index (Phi) is 8.20. The molecule has 3 aromatic rings. The monoisotopic (exact) mass is 503 g/mol. The van der Waals surface area contributed by atoms with Gasteiger partial charge in [-0.2, -0.15) is 5.10 Å². The molecule has 37 heavy (non-hydrogen) atoms. The summed E-state index contributed by atoms with van der Waals surface area (Å²) in [7, 11) is 2.20. The number of fused-ring (bicyclic) bond motifs is 1. The molecule has 0 bridgehead atoms. The summed E-state index contributed by atoms with van der Waals surface area (Å²) in [4.78, 5) is 20.8. The summed E-state index contributed by atoms with van der Waals surface area (Å²) in [6.45, 7) is 8.42. The standard InChI is InChI=1S/C30H41N5O2/c1-21(2)35-29-27(19-32-35)26(30(36)31-18-23-11-14-37-15-12-23)17-28(33-29)25-8-4-6-24(16-25)20-34(3)13-5-7-22-9-10-22/h4,6,8,16-17,19,21-23H,5,7,9-15,18,20H2,1-3H3,(H,31,36). The maximum absolute atomic E-state index is 13.4. The molecule has 7 nitrogen and oxygen atoms in total. The molecule has 0 atom stereocenters. The third-order valence-electron chi connectivity index (χ3n) is 7.72. The SMILES string of the molecule is CC(C)n1ncc2c(C(=O)NCC3CCOCC3)cc(-c3cccc(CN(C)CCCC4CC4)c3)nc21. The fourth-order valence-electron chi connectivity index (χ4n) is 5.29. The van der Waals surface area contributed by atoms with E-state index in [1.165, 1.54) is 31.2 Å². The Bertz CT molecular complexity index is 1210. The lowest BCUT2D eigenvalue weighted by Gasteiger charge is -2.22. The molecule has 0 unspecified atom stereocenters. The fraction of sp³-hybridized carbons (Fsp3) is 0.567. The maximum Gasteiger partial charge on any atom is 0.252 e. The van der Waals surface area contributed by atoms with Crippen LogP contribution in [0.4, 0.5) is 0 Å². The van der Waals surface area contributed by atoms with Crippen molar-refractivity contribution in [3.63, 3.8) is 0 Å². The van der Waals surface area contributed by atoms with Crippen molar-refractivity contribution in [2.75, 3.05) is 33.4 Å². The Morgan fingerprint density at radius 3 is 2.73 bits per heavy atom. The molecular weight excluding hydrogens is 462 g/mol.